The fraction of sp³-hybridized carbons (Fsp3) is 0.333. The molecule has 1 aliphatic heterocycles. The van der Waals surface area contributed by atoms with Crippen molar-refractivity contribution in [2.24, 2.45) is 0 Å². The summed E-state index contributed by atoms with van der Waals surface area (Å²) in [4.78, 5) is 24.1. The van der Waals surface area contributed by atoms with Gasteiger partial charge in [0.2, 0.25) is 5.91 Å². The second-order valence-electron chi connectivity index (χ2n) is 3.70. The lowest BCUT2D eigenvalue weighted by Gasteiger charge is -2.28. The molecule has 0 spiro atoms. The van der Waals surface area contributed by atoms with Crippen LogP contribution in [0.1, 0.15) is 16.8 Å². The number of ether oxygens (including phenoxy) is 1. The Labute approximate surface area is 98.6 Å². The molecular weight excluding hydrogens is 222 g/mol. The van der Waals surface area contributed by atoms with E-state index in [-0.39, 0.29) is 25.0 Å². The third-order valence-corrected chi connectivity index (χ3v) is 2.56. The Morgan fingerprint density at radius 3 is 2.53 bits per heavy atom. The Kier molecular flexibility index (Phi) is 3.39. The van der Waals surface area contributed by atoms with E-state index < -0.39 is 0 Å². The number of imide groups is 1. The van der Waals surface area contributed by atoms with Gasteiger partial charge in [-0.05, 0) is 24.3 Å². The number of benzene rings is 1. The molecule has 0 atom stereocenters. The quantitative estimate of drug-likeness (QED) is 0.607. The average molecular weight is 235 g/mol. The predicted molar refractivity (Wildman–Crippen MR) is 59.7 cm³/mol. The molecule has 1 aromatic rings. The molecule has 0 aromatic heterocycles. The maximum absolute atomic E-state index is 11.8. The van der Waals surface area contributed by atoms with Crippen molar-refractivity contribution < 1.29 is 19.4 Å². The van der Waals surface area contributed by atoms with Crippen molar-refractivity contribution in [2.45, 2.75) is 6.42 Å². The molecule has 90 valence electrons. The molecule has 0 bridgehead atoms. The molecule has 17 heavy (non-hydrogen) atoms. The molecule has 1 fully saturated rings. The van der Waals surface area contributed by atoms with Gasteiger partial charge in [-0.15, -0.1) is 0 Å². The third-order valence-electron chi connectivity index (χ3n) is 2.56. The van der Waals surface area contributed by atoms with Gasteiger partial charge in [0.15, 0.2) is 0 Å². The standard InChI is InChI=1S/C12H13NO4/c14-7-8-17-10-3-1-9(2-4-10)12(16)13-6-5-11(13)15/h1-4,14H,5-8H2. The molecule has 5 nitrogen and oxygen atoms in total. The Hall–Kier alpha value is -1.88. The topological polar surface area (TPSA) is 66.8 Å². The number of aliphatic hydroxyl groups is 1. The SMILES string of the molecule is O=C1CCN1C(=O)c1ccc(OCCO)cc1. The molecule has 1 aliphatic rings. The van der Waals surface area contributed by atoms with E-state index in [9.17, 15) is 9.59 Å². The molecule has 0 aliphatic carbocycles. The van der Waals surface area contributed by atoms with Crippen LogP contribution in [0.15, 0.2) is 24.3 Å². The molecule has 0 saturated carbocycles. The van der Waals surface area contributed by atoms with Crippen LogP contribution in [0.3, 0.4) is 0 Å². The van der Waals surface area contributed by atoms with Crippen LogP contribution < -0.4 is 4.74 Å². The summed E-state index contributed by atoms with van der Waals surface area (Å²) in [7, 11) is 0. The fourth-order valence-corrected chi connectivity index (χ4v) is 1.54. The smallest absolute Gasteiger partial charge is 0.260 e. The Balaban J connectivity index is 2.02. The number of likely N-dealkylation sites (tertiary alicyclic amines) is 1. The van der Waals surface area contributed by atoms with Gasteiger partial charge < -0.3 is 9.84 Å². The highest BCUT2D eigenvalue weighted by Gasteiger charge is 2.30. The van der Waals surface area contributed by atoms with Crippen LogP contribution in [0.4, 0.5) is 0 Å². The number of carbonyl (C=O) groups excluding carboxylic acids is 2. The first kappa shape index (κ1) is 11.6. The molecule has 1 saturated heterocycles. The van der Waals surface area contributed by atoms with Gasteiger partial charge in [0.05, 0.1) is 6.61 Å². The number of rotatable bonds is 4. The van der Waals surface area contributed by atoms with E-state index in [1.165, 1.54) is 4.90 Å². The van der Waals surface area contributed by atoms with Crippen LogP contribution in [0.25, 0.3) is 0 Å². The number of nitrogens with zero attached hydrogens (tertiary/aromatic N) is 1. The zero-order valence-corrected chi connectivity index (χ0v) is 9.26. The van der Waals surface area contributed by atoms with Crippen molar-refractivity contribution in [2.75, 3.05) is 19.8 Å². The maximum atomic E-state index is 11.8. The second-order valence-corrected chi connectivity index (χ2v) is 3.70. The first-order valence-electron chi connectivity index (χ1n) is 5.41. The van der Waals surface area contributed by atoms with Crippen molar-refractivity contribution >= 4 is 11.8 Å². The maximum Gasteiger partial charge on any atom is 0.260 e. The fourth-order valence-electron chi connectivity index (χ4n) is 1.54. The molecule has 2 amide bonds. The van der Waals surface area contributed by atoms with Gasteiger partial charge in [0.1, 0.15) is 12.4 Å². The Bertz CT molecular complexity index is 427. The number of carbonyl (C=O) groups is 2. The van der Waals surface area contributed by atoms with Gasteiger partial charge in [-0.25, -0.2) is 0 Å². The minimum absolute atomic E-state index is 0.0526. The van der Waals surface area contributed by atoms with Crippen LogP contribution in [0, 0.1) is 0 Å². The number of amides is 2. The van der Waals surface area contributed by atoms with Gasteiger partial charge in [0.25, 0.3) is 5.91 Å². The number of aliphatic hydroxyl groups excluding tert-OH is 1. The summed E-state index contributed by atoms with van der Waals surface area (Å²) in [6.07, 6.45) is 0.448. The summed E-state index contributed by atoms with van der Waals surface area (Å²) in [6.45, 7) is 0.668. The summed E-state index contributed by atoms with van der Waals surface area (Å²) < 4.78 is 5.17. The van der Waals surface area contributed by atoms with E-state index in [1.807, 2.05) is 0 Å². The van der Waals surface area contributed by atoms with E-state index in [0.717, 1.165) is 0 Å². The van der Waals surface area contributed by atoms with Crippen LogP contribution >= 0.6 is 0 Å². The van der Waals surface area contributed by atoms with E-state index in [2.05, 4.69) is 0 Å². The largest absolute Gasteiger partial charge is 0.491 e. The van der Waals surface area contributed by atoms with Crippen molar-refractivity contribution in [3.05, 3.63) is 29.8 Å². The average Bonchev–Trinajstić information content (AvgIpc) is 2.35. The molecule has 0 unspecified atom stereocenters. The van der Waals surface area contributed by atoms with Crippen molar-refractivity contribution in [1.82, 2.24) is 4.90 Å². The highest BCUT2D eigenvalue weighted by atomic mass is 16.5. The molecule has 1 aromatic carbocycles. The Morgan fingerprint density at radius 2 is 2.06 bits per heavy atom. The molecule has 1 N–H and O–H groups in total. The van der Waals surface area contributed by atoms with Crippen molar-refractivity contribution in [3.8, 4) is 5.75 Å². The third kappa shape index (κ3) is 2.45. The molecule has 2 rings (SSSR count). The number of hydrogen-bond donors (Lipinski definition) is 1. The highest BCUT2D eigenvalue weighted by molar-refractivity contribution is 6.07. The zero-order chi connectivity index (χ0) is 12.3. The van der Waals surface area contributed by atoms with Crippen molar-refractivity contribution in [1.29, 1.82) is 0 Å². The first-order chi connectivity index (χ1) is 8.22. The second kappa shape index (κ2) is 4.97. The van der Waals surface area contributed by atoms with Crippen LogP contribution in [-0.2, 0) is 4.79 Å². The lowest BCUT2D eigenvalue weighted by molar-refractivity contribution is -0.135. The monoisotopic (exact) mass is 235 g/mol. The molecule has 1 heterocycles. The van der Waals surface area contributed by atoms with E-state index in [1.54, 1.807) is 24.3 Å². The molecule has 0 radical (unpaired) electrons. The van der Waals surface area contributed by atoms with Crippen LogP contribution in [0.2, 0.25) is 0 Å². The van der Waals surface area contributed by atoms with Gasteiger partial charge in [-0.2, -0.15) is 0 Å². The van der Waals surface area contributed by atoms with Gasteiger partial charge in [-0.1, -0.05) is 0 Å². The zero-order valence-electron chi connectivity index (χ0n) is 9.26. The van der Waals surface area contributed by atoms with Crippen molar-refractivity contribution in [3.63, 3.8) is 0 Å². The summed E-state index contributed by atoms with van der Waals surface area (Å²) in [5, 5.41) is 8.59. The summed E-state index contributed by atoms with van der Waals surface area (Å²) >= 11 is 0. The van der Waals surface area contributed by atoms with E-state index in [0.29, 0.717) is 24.3 Å². The van der Waals surface area contributed by atoms with Crippen LogP contribution in [0.5, 0.6) is 5.75 Å². The summed E-state index contributed by atoms with van der Waals surface area (Å²) in [5.41, 5.74) is 0.467. The van der Waals surface area contributed by atoms with Gasteiger partial charge in [0, 0.05) is 18.5 Å². The minimum atomic E-state index is -0.269. The molecule has 5 heteroatoms. The number of hydrogen-bond acceptors (Lipinski definition) is 4. The summed E-state index contributed by atoms with van der Waals surface area (Å²) in [5.74, 6) is 0.191. The van der Waals surface area contributed by atoms with Gasteiger partial charge in [-0.3, -0.25) is 14.5 Å². The summed E-state index contributed by atoms with van der Waals surface area (Å²) in [6, 6.07) is 6.52. The lowest BCUT2D eigenvalue weighted by atomic mass is 10.1. The normalized spacial score (nSPS) is 14.4. The Morgan fingerprint density at radius 1 is 1.35 bits per heavy atom. The number of β-lactam (4-membered cyclic amide) rings is 1. The first-order valence-corrected chi connectivity index (χ1v) is 5.41. The van der Waals surface area contributed by atoms with E-state index >= 15 is 0 Å². The minimum Gasteiger partial charge on any atom is -0.491 e. The molecular formula is C12H13NO4. The highest BCUT2D eigenvalue weighted by Crippen LogP contribution is 2.17. The van der Waals surface area contributed by atoms with Gasteiger partial charge >= 0.3 is 0 Å². The lowest BCUT2D eigenvalue weighted by Crippen LogP contribution is -2.47. The van der Waals surface area contributed by atoms with Crippen LogP contribution in [-0.4, -0.2) is 41.6 Å². The predicted octanol–water partition coefficient (Wildman–Crippen LogP) is 0.430. The van der Waals surface area contributed by atoms with E-state index in [4.69, 9.17) is 9.84 Å².